The van der Waals surface area contributed by atoms with Crippen molar-refractivity contribution in [3.8, 4) is 17.2 Å². The van der Waals surface area contributed by atoms with Gasteiger partial charge in [0.25, 0.3) is 0 Å². The van der Waals surface area contributed by atoms with Gasteiger partial charge in [0.15, 0.2) is 11.5 Å². The van der Waals surface area contributed by atoms with E-state index in [0.29, 0.717) is 30.5 Å². The van der Waals surface area contributed by atoms with Crippen LogP contribution in [0.3, 0.4) is 0 Å². The van der Waals surface area contributed by atoms with Crippen LogP contribution in [0.25, 0.3) is 0 Å². The minimum absolute atomic E-state index is 0.533. The minimum atomic E-state index is 0.533. The number of methoxy groups -OCH3 is 1. The summed E-state index contributed by atoms with van der Waals surface area (Å²) in [6, 6.07) is 11.8. The number of nitrogens with zero attached hydrogens (tertiary/aromatic N) is 1. The number of hydrogen-bond acceptors (Lipinski definition) is 5. The highest BCUT2D eigenvalue weighted by Gasteiger charge is 2.17. The van der Waals surface area contributed by atoms with Gasteiger partial charge in [-0.15, -0.1) is 0 Å². The van der Waals surface area contributed by atoms with Gasteiger partial charge in [0.05, 0.1) is 19.0 Å². The SMILES string of the molecule is COc1cc(/C=N\Nc2cccc(C)c2)cc2c1OCCO2. The molecule has 0 saturated heterocycles. The molecule has 0 radical (unpaired) electrons. The molecule has 114 valence electrons. The lowest BCUT2D eigenvalue weighted by Gasteiger charge is -2.20. The molecule has 5 heteroatoms. The summed E-state index contributed by atoms with van der Waals surface area (Å²) in [5.41, 5.74) is 6.01. The average Bonchev–Trinajstić information content (AvgIpc) is 2.54. The number of hydrazone groups is 1. The second-order valence-electron chi connectivity index (χ2n) is 4.99. The van der Waals surface area contributed by atoms with Gasteiger partial charge in [-0.1, -0.05) is 12.1 Å². The van der Waals surface area contributed by atoms with Crippen molar-refractivity contribution in [2.24, 2.45) is 5.10 Å². The van der Waals surface area contributed by atoms with Crippen molar-refractivity contribution in [2.75, 3.05) is 25.7 Å². The molecule has 1 aliphatic rings. The van der Waals surface area contributed by atoms with E-state index in [0.717, 1.165) is 11.3 Å². The Morgan fingerprint density at radius 2 is 2.05 bits per heavy atom. The summed E-state index contributed by atoms with van der Waals surface area (Å²) in [7, 11) is 1.61. The Labute approximate surface area is 129 Å². The molecule has 0 aliphatic carbocycles. The van der Waals surface area contributed by atoms with Gasteiger partial charge in [-0.05, 0) is 36.8 Å². The second-order valence-corrected chi connectivity index (χ2v) is 4.99. The number of rotatable bonds is 4. The van der Waals surface area contributed by atoms with Crippen LogP contribution in [0.15, 0.2) is 41.5 Å². The van der Waals surface area contributed by atoms with Crippen molar-refractivity contribution in [3.63, 3.8) is 0 Å². The van der Waals surface area contributed by atoms with Crippen LogP contribution in [0.2, 0.25) is 0 Å². The Balaban J connectivity index is 1.78. The summed E-state index contributed by atoms with van der Waals surface area (Å²) < 4.78 is 16.5. The number of benzene rings is 2. The first-order chi connectivity index (χ1) is 10.8. The van der Waals surface area contributed by atoms with E-state index in [4.69, 9.17) is 14.2 Å². The number of fused-ring (bicyclic) bond motifs is 1. The van der Waals surface area contributed by atoms with Crippen molar-refractivity contribution >= 4 is 11.9 Å². The molecule has 1 aliphatic heterocycles. The number of hydrogen-bond donors (Lipinski definition) is 1. The molecule has 0 amide bonds. The van der Waals surface area contributed by atoms with Crippen molar-refractivity contribution in [1.29, 1.82) is 0 Å². The average molecular weight is 298 g/mol. The highest BCUT2D eigenvalue weighted by atomic mass is 16.6. The van der Waals surface area contributed by atoms with Crippen LogP contribution < -0.4 is 19.6 Å². The summed E-state index contributed by atoms with van der Waals surface area (Å²) in [5, 5.41) is 4.25. The zero-order valence-electron chi connectivity index (χ0n) is 12.6. The Morgan fingerprint density at radius 1 is 1.18 bits per heavy atom. The summed E-state index contributed by atoms with van der Waals surface area (Å²) in [4.78, 5) is 0. The van der Waals surface area contributed by atoms with Crippen LogP contribution in [0.5, 0.6) is 17.2 Å². The van der Waals surface area contributed by atoms with E-state index in [1.807, 2.05) is 43.3 Å². The van der Waals surface area contributed by atoms with Crippen molar-refractivity contribution in [1.82, 2.24) is 0 Å². The molecule has 0 bridgehead atoms. The van der Waals surface area contributed by atoms with Crippen molar-refractivity contribution < 1.29 is 14.2 Å². The first-order valence-corrected chi connectivity index (χ1v) is 7.09. The summed E-state index contributed by atoms with van der Waals surface area (Å²) in [5.74, 6) is 1.98. The lowest BCUT2D eigenvalue weighted by atomic mass is 10.2. The summed E-state index contributed by atoms with van der Waals surface area (Å²) in [6.07, 6.45) is 1.73. The maximum absolute atomic E-state index is 5.60. The molecule has 0 spiro atoms. The van der Waals surface area contributed by atoms with Crippen LogP contribution in [0.1, 0.15) is 11.1 Å². The first kappa shape index (κ1) is 14.3. The third-order valence-electron chi connectivity index (χ3n) is 3.28. The first-order valence-electron chi connectivity index (χ1n) is 7.09. The van der Waals surface area contributed by atoms with Crippen LogP contribution in [0, 0.1) is 6.92 Å². The van der Waals surface area contributed by atoms with Gasteiger partial charge in [-0.2, -0.15) is 5.10 Å². The van der Waals surface area contributed by atoms with Crippen LogP contribution in [-0.4, -0.2) is 26.5 Å². The van der Waals surface area contributed by atoms with Gasteiger partial charge < -0.3 is 14.2 Å². The molecule has 2 aromatic carbocycles. The van der Waals surface area contributed by atoms with Crippen LogP contribution in [0.4, 0.5) is 5.69 Å². The van der Waals surface area contributed by atoms with E-state index in [2.05, 4.69) is 10.5 Å². The lowest BCUT2D eigenvalue weighted by Crippen LogP contribution is -2.16. The maximum Gasteiger partial charge on any atom is 0.203 e. The molecule has 1 heterocycles. The van der Waals surface area contributed by atoms with Crippen LogP contribution in [-0.2, 0) is 0 Å². The lowest BCUT2D eigenvalue weighted by molar-refractivity contribution is 0.165. The molecule has 5 nitrogen and oxygen atoms in total. The van der Waals surface area contributed by atoms with E-state index in [9.17, 15) is 0 Å². The topological polar surface area (TPSA) is 52.1 Å². The molecule has 0 aromatic heterocycles. The number of nitrogens with one attached hydrogen (secondary N) is 1. The quantitative estimate of drug-likeness (QED) is 0.695. The summed E-state index contributed by atoms with van der Waals surface area (Å²) >= 11 is 0. The molecule has 3 rings (SSSR count). The van der Waals surface area contributed by atoms with Gasteiger partial charge in [-0.25, -0.2) is 0 Å². The van der Waals surface area contributed by atoms with Gasteiger partial charge in [0.1, 0.15) is 13.2 Å². The Hall–Kier alpha value is -2.69. The van der Waals surface area contributed by atoms with Crippen molar-refractivity contribution in [3.05, 3.63) is 47.5 Å². The van der Waals surface area contributed by atoms with Gasteiger partial charge in [-0.3, -0.25) is 5.43 Å². The van der Waals surface area contributed by atoms with Crippen molar-refractivity contribution in [2.45, 2.75) is 6.92 Å². The fourth-order valence-corrected chi connectivity index (χ4v) is 2.26. The van der Waals surface area contributed by atoms with Gasteiger partial charge >= 0.3 is 0 Å². The predicted molar refractivity (Wildman–Crippen MR) is 86.4 cm³/mol. The number of aryl methyl sites for hydroxylation is 1. The molecular weight excluding hydrogens is 280 g/mol. The maximum atomic E-state index is 5.60. The smallest absolute Gasteiger partial charge is 0.203 e. The standard InChI is InChI=1S/C17H18N2O3/c1-12-4-3-5-14(8-12)19-18-11-13-9-15(20-2)17-16(10-13)21-6-7-22-17/h3-5,8-11,19H,6-7H2,1-2H3/b18-11-. The van der Waals surface area contributed by atoms with E-state index >= 15 is 0 Å². The Morgan fingerprint density at radius 3 is 2.86 bits per heavy atom. The summed E-state index contributed by atoms with van der Waals surface area (Å²) in [6.45, 7) is 3.12. The molecule has 1 N–H and O–H groups in total. The zero-order valence-corrected chi connectivity index (χ0v) is 12.6. The molecule has 0 saturated carbocycles. The molecule has 0 atom stereocenters. The fourth-order valence-electron chi connectivity index (χ4n) is 2.26. The second kappa shape index (κ2) is 6.39. The minimum Gasteiger partial charge on any atom is -0.493 e. The molecule has 0 fully saturated rings. The molecule has 0 unspecified atom stereocenters. The monoisotopic (exact) mass is 298 g/mol. The third kappa shape index (κ3) is 3.14. The third-order valence-corrected chi connectivity index (χ3v) is 3.28. The molecule has 2 aromatic rings. The largest absolute Gasteiger partial charge is 0.493 e. The highest BCUT2D eigenvalue weighted by Crippen LogP contribution is 2.39. The normalized spacial score (nSPS) is 13.2. The number of ether oxygens (including phenoxy) is 3. The predicted octanol–water partition coefficient (Wildman–Crippen LogP) is 3.22. The van der Waals surface area contributed by atoms with E-state index < -0.39 is 0 Å². The van der Waals surface area contributed by atoms with E-state index in [1.54, 1.807) is 13.3 Å². The Bertz CT molecular complexity index is 681. The van der Waals surface area contributed by atoms with Crippen LogP contribution >= 0.6 is 0 Å². The molecular formula is C17H18N2O3. The van der Waals surface area contributed by atoms with E-state index in [1.165, 1.54) is 5.56 Å². The highest BCUT2D eigenvalue weighted by molar-refractivity contribution is 5.83. The fraction of sp³-hybridized carbons (Fsp3) is 0.235. The Kier molecular flexibility index (Phi) is 4.14. The van der Waals surface area contributed by atoms with Gasteiger partial charge in [0, 0.05) is 5.56 Å². The zero-order chi connectivity index (χ0) is 15.4. The van der Waals surface area contributed by atoms with E-state index in [-0.39, 0.29) is 0 Å². The molecule has 22 heavy (non-hydrogen) atoms. The van der Waals surface area contributed by atoms with Gasteiger partial charge in [0.2, 0.25) is 5.75 Å². The number of anilines is 1.